The summed E-state index contributed by atoms with van der Waals surface area (Å²) in [6, 6.07) is 12.9. The summed E-state index contributed by atoms with van der Waals surface area (Å²) in [5.41, 5.74) is 0.547. The fourth-order valence-corrected chi connectivity index (χ4v) is 4.34. The number of likely N-dealkylation sites (tertiary alicyclic amines) is 1. The molecule has 2 aliphatic rings. The van der Waals surface area contributed by atoms with Crippen molar-refractivity contribution in [2.24, 2.45) is 5.92 Å². The van der Waals surface area contributed by atoms with Crippen molar-refractivity contribution in [3.8, 4) is 11.5 Å². The van der Waals surface area contributed by atoms with E-state index in [0.29, 0.717) is 62.9 Å². The summed E-state index contributed by atoms with van der Waals surface area (Å²) in [5.74, 6) is 0.589. The Morgan fingerprint density at radius 3 is 2.52 bits per heavy atom. The van der Waals surface area contributed by atoms with Gasteiger partial charge in [-0.05, 0) is 42.5 Å². The van der Waals surface area contributed by atoms with Crippen molar-refractivity contribution < 1.29 is 28.2 Å². The highest BCUT2D eigenvalue weighted by Crippen LogP contribution is 2.28. The maximum absolute atomic E-state index is 13.3. The van der Waals surface area contributed by atoms with Crippen LogP contribution in [0.3, 0.4) is 0 Å². The normalized spacial score (nSPS) is 20.9. The molecule has 2 fully saturated rings. The van der Waals surface area contributed by atoms with Crippen LogP contribution in [0.15, 0.2) is 48.5 Å². The lowest BCUT2D eigenvalue weighted by Gasteiger charge is -2.39. The van der Waals surface area contributed by atoms with Crippen LogP contribution < -0.4 is 9.47 Å². The van der Waals surface area contributed by atoms with Gasteiger partial charge in [0.1, 0.15) is 23.4 Å². The molecule has 2 aliphatic heterocycles. The Hall–Kier alpha value is -3.13. The van der Waals surface area contributed by atoms with E-state index in [9.17, 15) is 14.0 Å². The number of ether oxygens (including phenoxy) is 3. The van der Waals surface area contributed by atoms with E-state index in [0.717, 1.165) is 0 Å². The number of halogens is 1. The van der Waals surface area contributed by atoms with Gasteiger partial charge in [-0.15, -0.1) is 0 Å². The largest absolute Gasteiger partial charge is 0.497 e. The first-order chi connectivity index (χ1) is 16.0. The van der Waals surface area contributed by atoms with E-state index in [2.05, 4.69) is 0 Å². The number of carbonyl (C=O) groups excluding carboxylic acids is 2. The van der Waals surface area contributed by atoms with E-state index >= 15 is 0 Å². The Morgan fingerprint density at radius 1 is 1.03 bits per heavy atom. The van der Waals surface area contributed by atoms with Crippen molar-refractivity contribution in [1.82, 2.24) is 9.80 Å². The molecule has 2 heterocycles. The van der Waals surface area contributed by atoms with Crippen LogP contribution in [0.4, 0.5) is 4.39 Å². The van der Waals surface area contributed by atoms with E-state index in [1.54, 1.807) is 53.3 Å². The number of morpholine rings is 1. The molecule has 0 bridgehead atoms. The van der Waals surface area contributed by atoms with Crippen LogP contribution in [0.2, 0.25) is 0 Å². The number of amides is 2. The molecule has 7 nitrogen and oxygen atoms in total. The Kier molecular flexibility index (Phi) is 7.44. The maximum atomic E-state index is 13.3. The quantitative estimate of drug-likeness (QED) is 0.669. The summed E-state index contributed by atoms with van der Waals surface area (Å²) < 4.78 is 30.1. The van der Waals surface area contributed by atoms with Gasteiger partial charge in [0, 0.05) is 50.5 Å². The highest BCUT2D eigenvalue weighted by molar-refractivity contribution is 5.94. The lowest BCUT2D eigenvalue weighted by Crippen LogP contribution is -2.50. The third-order valence-corrected chi connectivity index (χ3v) is 6.17. The molecule has 33 heavy (non-hydrogen) atoms. The van der Waals surface area contributed by atoms with Gasteiger partial charge < -0.3 is 24.0 Å². The minimum Gasteiger partial charge on any atom is -0.497 e. The molecule has 0 aromatic heterocycles. The van der Waals surface area contributed by atoms with Gasteiger partial charge in [0.2, 0.25) is 5.91 Å². The topological polar surface area (TPSA) is 68.3 Å². The van der Waals surface area contributed by atoms with Gasteiger partial charge in [0.15, 0.2) is 0 Å². The monoisotopic (exact) mass is 456 g/mol. The molecule has 2 atom stereocenters. The predicted octanol–water partition coefficient (Wildman–Crippen LogP) is 2.99. The molecule has 0 unspecified atom stereocenters. The molecule has 2 amide bonds. The van der Waals surface area contributed by atoms with Crippen molar-refractivity contribution >= 4 is 11.8 Å². The third kappa shape index (κ3) is 5.82. The van der Waals surface area contributed by atoms with Crippen molar-refractivity contribution in [2.45, 2.75) is 18.9 Å². The second kappa shape index (κ2) is 10.7. The van der Waals surface area contributed by atoms with Crippen LogP contribution >= 0.6 is 0 Å². The predicted molar refractivity (Wildman–Crippen MR) is 120 cm³/mol. The van der Waals surface area contributed by atoms with Gasteiger partial charge in [0.25, 0.3) is 5.91 Å². The maximum Gasteiger partial charge on any atom is 0.254 e. The zero-order valence-electron chi connectivity index (χ0n) is 18.7. The fraction of sp³-hybridized carbons (Fsp3) is 0.440. The van der Waals surface area contributed by atoms with E-state index in [1.165, 1.54) is 12.1 Å². The first-order valence-corrected chi connectivity index (χ1v) is 11.2. The number of hydrogen-bond acceptors (Lipinski definition) is 5. The highest BCUT2D eigenvalue weighted by Gasteiger charge is 2.36. The molecule has 0 radical (unpaired) electrons. The van der Waals surface area contributed by atoms with Crippen LogP contribution in [0.5, 0.6) is 11.5 Å². The van der Waals surface area contributed by atoms with Gasteiger partial charge >= 0.3 is 0 Å². The van der Waals surface area contributed by atoms with Crippen LogP contribution in [0.1, 0.15) is 23.2 Å². The van der Waals surface area contributed by atoms with Gasteiger partial charge in [-0.1, -0.05) is 6.07 Å². The summed E-state index contributed by atoms with van der Waals surface area (Å²) in [7, 11) is 1.56. The first-order valence-electron chi connectivity index (χ1n) is 11.2. The van der Waals surface area contributed by atoms with E-state index in [-0.39, 0.29) is 36.1 Å². The molecule has 4 rings (SSSR count). The SMILES string of the molecule is COc1cccc(C(=O)N2CC[C@H](Oc3ccc(F)cc3)[C@@H](CC(=O)N3CCOCC3)C2)c1. The second-order valence-corrected chi connectivity index (χ2v) is 8.34. The molecular formula is C25H29FN2O5. The van der Waals surface area contributed by atoms with Gasteiger partial charge in [-0.25, -0.2) is 4.39 Å². The molecule has 8 heteroatoms. The van der Waals surface area contributed by atoms with Crippen molar-refractivity contribution in [3.05, 3.63) is 59.9 Å². The molecule has 0 saturated carbocycles. The number of methoxy groups -OCH3 is 1. The van der Waals surface area contributed by atoms with Gasteiger partial charge in [0.05, 0.1) is 20.3 Å². The van der Waals surface area contributed by atoms with Crippen LogP contribution in [0, 0.1) is 11.7 Å². The number of piperidine rings is 1. The molecule has 0 N–H and O–H groups in total. The summed E-state index contributed by atoms with van der Waals surface area (Å²) in [6.45, 7) is 3.11. The zero-order chi connectivity index (χ0) is 23.2. The van der Waals surface area contributed by atoms with Crippen molar-refractivity contribution in [2.75, 3.05) is 46.5 Å². The third-order valence-electron chi connectivity index (χ3n) is 6.17. The molecule has 176 valence electrons. The minimum absolute atomic E-state index is 0.0340. The summed E-state index contributed by atoms with van der Waals surface area (Å²) >= 11 is 0. The molecule has 0 spiro atoms. The number of carbonyl (C=O) groups is 2. The Balaban J connectivity index is 1.49. The average molecular weight is 457 g/mol. The minimum atomic E-state index is -0.333. The Bertz CT molecular complexity index is 962. The van der Waals surface area contributed by atoms with Crippen molar-refractivity contribution in [3.63, 3.8) is 0 Å². The van der Waals surface area contributed by atoms with E-state index in [1.807, 2.05) is 0 Å². The lowest BCUT2D eigenvalue weighted by molar-refractivity contribution is -0.137. The Labute approximate surface area is 193 Å². The lowest BCUT2D eigenvalue weighted by atomic mass is 9.90. The highest BCUT2D eigenvalue weighted by atomic mass is 19.1. The first kappa shape index (κ1) is 23.0. The van der Waals surface area contributed by atoms with Crippen LogP contribution in [0.25, 0.3) is 0 Å². The number of hydrogen-bond donors (Lipinski definition) is 0. The molecule has 2 saturated heterocycles. The zero-order valence-corrected chi connectivity index (χ0v) is 18.7. The Morgan fingerprint density at radius 2 is 1.79 bits per heavy atom. The van der Waals surface area contributed by atoms with E-state index < -0.39 is 0 Å². The van der Waals surface area contributed by atoms with Gasteiger partial charge in [-0.2, -0.15) is 0 Å². The van der Waals surface area contributed by atoms with E-state index in [4.69, 9.17) is 14.2 Å². The molecule has 2 aromatic carbocycles. The number of nitrogens with zero attached hydrogens (tertiary/aromatic N) is 2. The smallest absolute Gasteiger partial charge is 0.254 e. The second-order valence-electron chi connectivity index (χ2n) is 8.34. The summed E-state index contributed by atoms with van der Waals surface area (Å²) in [5, 5.41) is 0. The average Bonchev–Trinajstić information content (AvgIpc) is 2.86. The summed E-state index contributed by atoms with van der Waals surface area (Å²) in [4.78, 5) is 29.7. The van der Waals surface area contributed by atoms with Gasteiger partial charge in [-0.3, -0.25) is 9.59 Å². The standard InChI is InChI=1S/C25H29FN2O5/c1-31-22-4-2-3-18(15-22)25(30)28-10-9-23(33-21-7-5-20(26)6-8-21)19(17-28)16-24(29)27-11-13-32-14-12-27/h2-8,15,19,23H,9-14,16-17H2,1H3/t19-,23-/m0/s1. The number of benzene rings is 2. The molecular weight excluding hydrogens is 427 g/mol. The fourth-order valence-electron chi connectivity index (χ4n) is 4.34. The van der Waals surface area contributed by atoms with Crippen LogP contribution in [-0.4, -0.2) is 74.2 Å². The van der Waals surface area contributed by atoms with Crippen LogP contribution in [-0.2, 0) is 9.53 Å². The van der Waals surface area contributed by atoms with Crippen molar-refractivity contribution in [1.29, 1.82) is 0 Å². The molecule has 0 aliphatic carbocycles. The number of rotatable bonds is 6. The molecule has 2 aromatic rings. The summed E-state index contributed by atoms with van der Waals surface area (Å²) in [6.07, 6.45) is 0.594.